The fourth-order valence-corrected chi connectivity index (χ4v) is 3.39. The number of carbonyl (C=O) groups excluding carboxylic acids is 1. The van der Waals surface area contributed by atoms with Crippen LogP contribution in [0.4, 0.5) is 5.82 Å². The van der Waals surface area contributed by atoms with Gasteiger partial charge in [0.05, 0.1) is 18.8 Å². The second-order valence-corrected chi connectivity index (χ2v) is 6.68. The first-order valence-electron chi connectivity index (χ1n) is 8.64. The molecule has 2 atom stereocenters. The summed E-state index contributed by atoms with van der Waals surface area (Å²) in [6.45, 7) is 7.85. The van der Waals surface area contributed by atoms with Gasteiger partial charge in [0.2, 0.25) is 5.91 Å². The molecule has 1 aliphatic heterocycles. The van der Waals surface area contributed by atoms with Crippen molar-refractivity contribution in [2.24, 2.45) is 0 Å². The van der Waals surface area contributed by atoms with Crippen LogP contribution in [-0.4, -0.2) is 49.0 Å². The quantitative estimate of drug-likeness (QED) is 0.881. The zero-order chi connectivity index (χ0) is 17.1. The van der Waals surface area contributed by atoms with Crippen LogP contribution in [0.1, 0.15) is 39.7 Å². The van der Waals surface area contributed by atoms with E-state index in [4.69, 9.17) is 0 Å². The topological polar surface area (TPSA) is 68.0 Å². The van der Waals surface area contributed by atoms with E-state index in [1.807, 2.05) is 48.5 Å². The van der Waals surface area contributed by atoms with Gasteiger partial charge in [-0.2, -0.15) is 10.2 Å². The lowest BCUT2D eigenvalue weighted by atomic mass is 10.2. The first kappa shape index (κ1) is 16.7. The molecule has 1 saturated heterocycles. The highest BCUT2D eigenvalue weighted by molar-refractivity contribution is 5.93. The summed E-state index contributed by atoms with van der Waals surface area (Å²) in [7, 11) is 0. The van der Waals surface area contributed by atoms with Crippen LogP contribution in [0.5, 0.6) is 0 Å². The number of likely N-dealkylation sites (tertiary alicyclic amines) is 1. The van der Waals surface area contributed by atoms with Crippen molar-refractivity contribution in [3.8, 4) is 0 Å². The molecule has 2 aromatic heterocycles. The molecule has 0 unspecified atom stereocenters. The highest BCUT2D eigenvalue weighted by Crippen LogP contribution is 2.22. The van der Waals surface area contributed by atoms with E-state index in [0.717, 1.165) is 31.7 Å². The van der Waals surface area contributed by atoms with Crippen LogP contribution in [0.25, 0.3) is 0 Å². The first-order chi connectivity index (χ1) is 11.6. The molecule has 0 bridgehead atoms. The van der Waals surface area contributed by atoms with Crippen molar-refractivity contribution in [2.45, 2.75) is 58.3 Å². The van der Waals surface area contributed by atoms with Gasteiger partial charge in [-0.1, -0.05) is 0 Å². The van der Waals surface area contributed by atoms with Crippen LogP contribution in [-0.2, 0) is 11.3 Å². The number of hydrogen-bond donors (Lipinski definition) is 1. The number of nitrogens with one attached hydrogen (secondary N) is 1. The molecule has 3 heterocycles. The molecule has 0 spiro atoms. The molecular weight excluding hydrogens is 304 g/mol. The Hall–Kier alpha value is -2.15. The van der Waals surface area contributed by atoms with Crippen molar-refractivity contribution in [1.29, 1.82) is 0 Å². The number of nitrogens with zero attached hydrogens (tertiary/aromatic N) is 5. The van der Waals surface area contributed by atoms with Gasteiger partial charge in [0.1, 0.15) is 5.82 Å². The van der Waals surface area contributed by atoms with E-state index in [-0.39, 0.29) is 18.0 Å². The van der Waals surface area contributed by atoms with Crippen LogP contribution < -0.4 is 5.32 Å². The highest BCUT2D eigenvalue weighted by atomic mass is 16.2. The second-order valence-electron chi connectivity index (χ2n) is 6.68. The molecule has 1 fully saturated rings. The largest absolute Gasteiger partial charge is 0.310 e. The summed E-state index contributed by atoms with van der Waals surface area (Å²) in [6, 6.07) is 4.16. The van der Waals surface area contributed by atoms with Crippen molar-refractivity contribution in [3.63, 3.8) is 0 Å². The predicted molar refractivity (Wildman–Crippen MR) is 92.7 cm³/mol. The number of hydrogen-bond acceptors (Lipinski definition) is 4. The smallest absolute Gasteiger partial charge is 0.242 e. The lowest BCUT2D eigenvalue weighted by molar-refractivity contribution is -0.121. The number of aromatic nitrogens is 4. The molecule has 0 radical (unpaired) electrons. The monoisotopic (exact) mass is 330 g/mol. The third-order valence-corrected chi connectivity index (χ3v) is 4.67. The van der Waals surface area contributed by atoms with Gasteiger partial charge in [-0.15, -0.1) is 0 Å². The number of amides is 1. The lowest BCUT2D eigenvalue weighted by Crippen LogP contribution is -2.46. The standard InChI is InChI=1S/C17H26N6O/c1-13(2)23-16(7-9-19-23)20-17(24)14(3)22-11-4-6-15(22)12-21-10-5-8-18-21/h5,7-10,13-15H,4,6,11-12H2,1-3H3,(H,20,24)/t14-,15-/m0/s1. The Morgan fingerprint density at radius 2 is 2.17 bits per heavy atom. The molecule has 0 saturated carbocycles. The number of carbonyl (C=O) groups is 1. The van der Waals surface area contributed by atoms with Crippen LogP contribution in [0.2, 0.25) is 0 Å². The van der Waals surface area contributed by atoms with Crippen LogP contribution >= 0.6 is 0 Å². The Balaban J connectivity index is 1.65. The maximum absolute atomic E-state index is 12.7. The van der Waals surface area contributed by atoms with E-state index in [2.05, 4.69) is 20.4 Å². The summed E-state index contributed by atoms with van der Waals surface area (Å²) < 4.78 is 3.78. The Kier molecular flexibility index (Phi) is 4.99. The van der Waals surface area contributed by atoms with Crippen molar-refractivity contribution < 1.29 is 4.79 Å². The SMILES string of the molecule is CC(C)n1nccc1NC(=O)[C@H](C)N1CCC[C@H]1Cn1cccn1. The van der Waals surface area contributed by atoms with Gasteiger partial charge in [0, 0.05) is 30.5 Å². The minimum absolute atomic E-state index is 0.0183. The zero-order valence-electron chi connectivity index (χ0n) is 14.6. The molecule has 130 valence electrons. The van der Waals surface area contributed by atoms with E-state index in [1.165, 1.54) is 0 Å². The Bertz CT molecular complexity index is 662. The van der Waals surface area contributed by atoms with E-state index in [9.17, 15) is 4.79 Å². The van der Waals surface area contributed by atoms with Crippen LogP contribution in [0.15, 0.2) is 30.7 Å². The molecule has 1 amide bonds. The Morgan fingerprint density at radius 1 is 1.33 bits per heavy atom. The average Bonchev–Trinajstić information content (AvgIpc) is 3.28. The zero-order valence-corrected chi connectivity index (χ0v) is 14.6. The molecule has 2 aromatic rings. The van der Waals surface area contributed by atoms with Crippen LogP contribution in [0, 0.1) is 0 Å². The summed E-state index contributed by atoms with van der Waals surface area (Å²) in [5.41, 5.74) is 0. The minimum Gasteiger partial charge on any atom is -0.310 e. The Labute approximate surface area is 142 Å². The van der Waals surface area contributed by atoms with Gasteiger partial charge in [-0.25, -0.2) is 4.68 Å². The van der Waals surface area contributed by atoms with Crippen molar-refractivity contribution in [2.75, 3.05) is 11.9 Å². The second kappa shape index (κ2) is 7.17. The minimum atomic E-state index is -0.177. The molecule has 7 nitrogen and oxygen atoms in total. The third kappa shape index (κ3) is 3.51. The van der Waals surface area contributed by atoms with Crippen molar-refractivity contribution in [3.05, 3.63) is 30.7 Å². The van der Waals surface area contributed by atoms with Gasteiger partial charge < -0.3 is 5.32 Å². The van der Waals surface area contributed by atoms with Gasteiger partial charge in [0.15, 0.2) is 0 Å². The summed E-state index contributed by atoms with van der Waals surface area (Å²) in [4.78, 5) is 15.0. The molecule has 0 aliphatic carbocycles. The van der Waals surface area contributed by atoms with E-state index < -0.39 is 0 Å². The molecule has 24 heavy (non-hydrogen) atoms. The van der Waals surface area contributed by atoms with Crippen LogP contribution in [0.3, 0.4) is 0 Å². The lowest BCUT2D eigenvalue weighted by Gasteiger charge is -2.29. The summed E-state index contributed by atoms with van der Waals surface area (Å²) >= 11 is 0. The number of anilines is 1. The average molecular weight is 330 g/mol. The van der Waals surface area contributed by atoms with Crippen molar-refractivity contribution in [1.82, 2.24) is 24.5 Å². The predicted octanol–water partition coefficient (Wildman–Crippen LogP) is 2.15. The molecule has 1 aliphatic rings. The number of rotatable bonds is 6. The fraction of sp³-hybridized carbons (Fsp3) is 0.588. The third-order valence-electron chi connectivity index (χ3n) is 4.67. The molecule has 3 rings (SSSR count). The van der Waals surface area contributed by atoms with Gasteiger partial charge >= 0.3 is 0 Å². The fourth-order valence-electron chi connectivity index (χ4n) is 3.39. The molecular formula is C17H26N6O. The first-order valence-corrected chi connectivity index (χ1v) is 8.64. The van der Waals surface area contributed by atoms with Gasteiger partial charge in [-0.3, -0.25) is 14.4 Å². The molecule has 7 heteroatoms. The van der Waals surface area contributed by atoms with Gasteiger partial charge in [0.25, 0.3) is 0 Å². The van der Waals surface area contributed by atoms with Gasteiger partial charge in [-0.05, 0) is 46.2 Å². The molecule has 1 N–H and O–H groups in total. The summed E-state index contributed by atoms with van der Waals surface area (Å²) in [5, 5.41) is 11.6. The maximum atomic E-state index is 12.7. The molecule has 0 aromatic carbocycles. The highest BCUT2D eigenvalue weighted by Gasteiger charge is 2.32. The van der Waals surface area contributed by atoms with E-state index >= 15 is 0 Å². The van der Waals surface area contributed by atoms with Crippen molar-refractivity contribution >= 4 is 11.7 Å². The van der Waals surface area contributed by atoms with E-state index in [1.54, 1.807) is 12.4 Å². The summed E-state index contributed by atoms with van der Waals surface area (Å²) in [6.07, 6.45) is 7.70. The summed E-state index contributed by atoms with van der Waals surface area (Å²) in [5.74, 6) is 0.773. The maximum Gasteiger partial charge on any atom is 0.242 e. The normalized spacial score (nSPS) is 19.8. The van der Waals surface area contributed by atoms with E-state index in [0.29, 0.717) is 6.04 Å². The Morgan fingerprint density at radius 3 is 2.88 bits per heavy atom.